The van der Waals surface area contributed by atoms with E-state index in [1.165, 1.54) is 6.92 Å². The Morgan fingerprint density at radius 1 is 1.00 bits per heavy atom. The van der Waals surface area contributed by atoms with Crippen molar-refractivity contribution >= 4 is 20.1 Å². The van der Waals surface area contributed by atoms with Crippen molar-refractivity contribution in [3.05, 3.63) is 0 Å². The van der Waals surface area contributed by atoms with Gasteiger partial charge in [0.15, 0.2) is 8.32 Å². The van der Waals surface area contributed by atoms with Gasteiger partial charge in [-0.2, -0.15) is 0 Å². The van der Waals surface area contributed by atoms with Gasteiger partial charge in [0.05, 0.1) is 12.5 Å². The molecule has 0 aromatic carbocycles. The summed E-state index contributed by atoms with van der Waals surface area (Å²) in [5.41, 5.74) is -0.519. The second kappa shape index (κ2) is 7.05. The molecule has 21 heavy (non-hydrogen) atoms. The first-order valence-electron chi connectivity index (χ1n) is 7.53. The molecule has 0 aliphatic heterocycles. The summed E-state index contributed by atoms with van der Waals surface area (Å²) in [7, 11) is -2.02. The van der Waals surface area contributed by atoms with E-state index in [0.29, 0.717) is 0 Å². The van der Waals surface area contributed by atoms with Crippen LogP contribution in [0.5, 0.6) is 0 Å². The maximum atomic E-state index is 12.0. The highest BCUT2D eigenvalue weighted by atomic mass is 28.4. The molecule has 0 heterocycles. The number of rotatable bonds is 6. The predicted molar refractivity (Wildman–Crippen MR) is 87.8 cm³/mol. The topological polar surface area (TPSA) is 52.6 Å². The lowest BCUT2D eigenvalue weighted by molar-refractivity contribution is -0.156. The fourth-order valence-corrected chi connectivity index (χ4v) is 2.99. The fourth-order valence-electron chi connectivity index (χ4n) is 1.64. The second-order valence-corrected chi connectivity index (χ2v) is 13.0. The van der Waals surface area contributed by atoms with Gasteiger partial charge in [0.2, 0.25) is 0 Å². The van der Waals surface area contributed by atoms with Gasteiger partial charge in [0, 0.05) is 6.42 Å². The quantitative estimate of drug-likeness (QED) is 0.547. The molecule has 0 aromatic heterocycles. The minimum atomic E-state index is -2.02. The van der Waals surface area contributed by atoms with Gasteiger partial charge in [-0.25, -0.2) is 0 Å². The summed E-state index contributed by atoms with van der Waals surface area (Å²) in [6.45, 7) is 17.7. The Labute approximate surface area is 130 Å². The van der Waals surface area contributed by atoms with Crippen LogP contribution in [0, 0.1) is 0 Å². The monoisotopic (exact) mass is 316 g/mol. The van der Waals surface area contributed by atoms with Gasteiger partial charge in [0.1, 0.15) is 11.4 Å². The normalized spacial score (nSPS) is 14.7. The van der Waals surface area contributed by atoms with Crippen LogP contribution in [-0.4, -0.2) is 31.8 Å². The van der Waals surface area contributed by atoms with Gasteiger partial charge in [-0.05, 0) is 45.8 Å². The molecule has 0 amide bonds. The van der Waals surface area contributed by atoms with E-state index < -0.39 is 20.0 Å². The van der Waals surface area contributed by atoms with Crippen LogP contribution in [0.2, 0.25) is 18.1 Å². The Morgan fingerprint density at radius 3 is 1.81 bits per heavy atom. The molecule has 0 aliphatic carbocycles. The zero-order valence-electron chi connectivity index (χ0n) is 15.1. The first-order valence-corrected chi connectivity index (χ1v) is 10.4. The molecule has 0 aromatic rings. The van der Waals surface area contributed by atoms with Crippen LogP contribution in [0.4, 0.5) is 0 Å². The zero-order valence-corrected chi connectivity index (χ0v) is 16.1. The van der Waals surface area contributed by atoms with Crippen molar-refractivity contribution < 1.29 is 18.8 Å². The van der Waals surface area contributed by atoms with E-state index in [-0.39, 0.29) is 29.6 Å². The predicted octanol–water partition coefficient (Wildman–Crippen LogP) is 4.09. The van der Waals surface area contributed by atoms with Gasteiger partial charge < -0.3 is 9.16 Å². The van der Waals surface area contributed by atoms with Crippen LogP contribution in [-0.2, 0) is 18.8 Å². The summed E-state index contributed by atoms with van der Waals surface area (Å²) in [4.78, 5) is 23.4. The molecule has 1 atom stereocenters. The fraction of sp³-hybridized carbons (Fsp3) is 0.875. The van der Waals surface area contributed by atoms with Gasteiger partial charge in [0.25, 0.3) is 0 Å². The lowest BCUT2D eigenvalue weighted by atomic mass is 10.1. The van der Waals surface area contributed by atoms with Crippen molar-refractivity contribution in [1.82, 2.24) is 0 Å². The maximum Gasteiger partial charge on any atom is 0.308 e. The average Bonchev–Trinajstić information content (AvgIpc) is 2.08. The largest absolute Gasteiger partial charge is 0.460 e. The molecule has 0 spiro atoms. The summed E-state index contributed by atoms with van der Waals surface area (Å²) >= 11 is 0. The number of hydrogen-bond donors (Lipinski definition) is 0. The molecule has 0 bridgehead atoms. The Morgan fingerprint density at radius 2 is 1.48 bits per heavy atom. The molecular formula is C16H32O4Si. The number of hydrogen-bond acceptors (Lipinski definition) is 4. The Hall–Kier alpha value is -0.683. The number of carbonyl (C=O) groups is 2. The van der Waals surface area contributed by atoms with Crippen molar-refractivity contribution in [3.63, 3.8) is 0 Å². The third-order valence-electron chi connectivity index (χ3n) is 3.60. The van der Waals surface area contributed by atoms with Gasteiger partial charge >= 0.3 is 5.97 Å². The summed E-state index contributed by atoms with van der Waals surface area (Å²) in [5, 5.41) is 0.0377. The van der Waals surface area contributed by atoms with Crippen molar-refractivity contribution in [2.24, 2.45) is 0 Å². The van der Waals surface area contributed by atoms with E-state index in [1.807, 2.05) is 20.8 Å². The molecule has 0 saturated carbocycles. The highest BCUT2D eigenvalue weighted by molar-refractivity contribution is 6.74. The van der Waals surface area contributed by atoms with Crippen LogP contribution >= 0.6 is 0 Å². The molecule has 0 rings (SSSR count). The second-order valence-electron chi connectivity index (χ2n) is 8.20. The Balaban J connectivity index is 4.90. The third kappa shape index (κ3) is 8.36. The lowest BCUT2D eigenvalue weighted by Gasteiger charge is -2.39. The van der Waals surface area contributed by atoms with Gasteiger partial charge in [-0.3, -0.25) is 9.59 Å². The van der Waals surface area contributed by atoms with Crippen molar-refractivity contribution in [2.45, 2.75) is 91.1 Å². The Kier molecular flexibility index (Phi) is 6.82. The summed E-state index contributed by atoms with van der Waals surface area (Å²) in [6, 6.07) is 0. The molecule has 0 N–H and O–H groups in total. The van der Waals surface area contributed by atoms with Gasteiger partial charge in [-0.15, -0.1) is 0 Å². The highest BCUT2D eigenvalue weighted by Gasteiger charge is 2.40. The molecule has 4 nitrogen and oxygen atoms in total. The molecular weight excluding hydrogens is 284 g/mol. The Bertz CT molecular complexity index is 375. The van der Waals surface area contributed by atoms with Crippen LogP contribution < -0.4 is 0 Å². The minimum absolute atomic E-state index is 0.0299. The number of ketones is 1. The van der Waals surface area contributed by atoms with E-state index in [4.69, 9.17) is 9.16 Å². The van der Waals surface area contributed by atoms with Crippen LogP contribution in [0.15, 0.2) is 0 Å². The molecule has 0 aliphatic rings. The minimum Gasteiger partial charge on any atom is -0.460 e. The van der Waals surface area contributed by atoms with E-state index in [0.717, 1.165) is 0 Å². The van der Waals surface area contributed by atoms with Crippen molar-refractivity contribution in [1.29, 1.82) is 0 Å². The molecule has 0 unspecified atom stereocenters. The van der Waals surface area contributed by atoms with E-state index in [1.54, 1.807) is 0 Å². The average molecular weight is 317 g/mol. The van der Waals surface area contributed by atoms with E-state index in [9.17, 15) is 9.59 Å². The first kappa shape index (κ1) is 20.3. The van der Waals surface area contributed by atoms with Crippen molar-refractivity contribution in [3.8, 4) is 0 Å². The van der Waals surface area contributed by atoms with Crippen LogP contribution in [0.1, 0.15) is 61.3 Å². The summed E-state index contributed by atoms with van der Waals surface area (Å²) in [5.74, 6) is -0.283. The number of carbonyl (C=O) groups excluding carboxylic acids is 2. The van der Waals surface area contributed by atoms with E-state index in [2.05, 4.69) is 33.9 Å². The highest BCUT2D eigenvalue weighted by Crippen LogP contribution is 2.38. The summed E-state index contributed by atoms with van der Waals surface area (Å²) in [6.07, 6.45) is -0.00648. The molecule has 0 saturated heterocycles. The SMILES string of the molecule is CC(=O)C[C@@H](CC(=O)OC(C)(C)C)O[Si](C)(C)C(C)(C)C. The zero-order chi connectivity index (χ0) is 17.1. The first-order chi connectivity index (χ1) is 9.14. The number of ether oxygens (including phenoxy) is 1. The third-order valence-corrected chi connectivity index (χ3v) is 8.13. The lowest BCUT2D eigenvalue weighted by Crippen LogP contribution is -2.45. The number of esters is 1. The van der Waals surface area contributed by atoms with Gasteiger partial charge in [-0.1, -0.05) is 20.8 Å². The molecule has 0 radical (unpaired) electrons. The molecule has 0 fully saturated rings. The molecule has 124 valence electrons. The summed E-state index contributed by atoms with van der Waals surface area (Å²) < 4.78 is 11.6. The van der Waals surface area contributed by atoms with E-state index >= 15 is 0 Å². The molecule has 5 heteroatoms. The van der Waals surface area contributed by atoms with Crippen LogP contribution in [0.25, 0.3) is 0 Å². The van der Waals surface area contributed by atoms with Crippen LogP contribution in [0.3, 0.4) is 0 Å². The number of Topliss-reactive ketones (excluding diaryl/α,β-unsaturated/α-hetero) is 1. The standard InChI is InChI=1S/C16H32O4Si/c1-12(17)10-13(11-14(18)19-15(2,3)4)20-21(8,9)16(5,6)7/h13H,10-11H2,1-9H3/t13-/m0/s1. The van der Waals surface area contributed by atoms with Crippen molar-refractivity contribution in [2.75, 3.05) is 0 Å². The smallest absolute Gasteiger partial charge is 0.308 e. The maximum absolute atomic E-state index is 12.0.